The Bertz CT molecular complexity index is 542. The molecule has 0 spiro atoms. The maximum Gasteiger partial charge on any atom is 0.127 e. The molecule has 0 aliphatic carbocycles. The Morgan fingerprint density at radius 3 is 2.68 bits per heavy atom. The Balaban J connectivity index is 1.87. The van der Waals surface area contributed by atoms with Gasteiger partial charge in [-0.05, 0) is 36.6 Å². The molecular weight excluding hydrogens is 268 g/mol. The van der Waals surface area contributed by atoms with Crippen LogP contribution in [0.2, 0.25) is 0 Å². The number of benzene rings is 1. The molecule has 0 atom stereocenters. The summed E-state index contributed by atoms with van der Waals surface area (Å²) in [6, 6.07) is 7.26. The fraction of sp³-hybridized carbons (Fsp3) is 0.286. The Labute approximate surface area is 115 Å². The second-order valence-electron chi connectivity index (χ2n) is 4.14. The largest absolute Gasteiger partial charge is 0.464 e. The van der Waals surface area contributed by atoms with Gasteiger partial charge in [-0.3, -0.25) is 0 Å². The summed E-state index contributed by atoms with van der Waals surface area (Å²) in [4.78, 5) is 0. The summed E-state index contributed by atoms with van der Waals surface area (Å²) in [5.74, 6) is 1.70. The molecule has 0 bridgehead atoms. The third kappa shape index (κ3) is 4.08. The number of rotatable bonds is 6. The average Bonchev–Trinajstić information content (AvgIpc) is 2.82. The zero-order chi connectivity index (χ0) is 13.7. The van der Waals surface area contributed by atoms with Crippen LogP contribution < -0.4 is 5.32 Å². The van der Waals surface area contributed by atoms with Gasteiger partial charge in [0.1, 0.15) is 23.2 Å². The molecule has 0 fully saturated rings. The van der Waals surface area contributed by atoms with Gasteiger partial charge in [0, 0.05) is 12.1 Å². The molecule has 0 aliphatic rings. The van der Waals surface area contributed by atoms with Crippen molar-refractivity contribution in [3.05, 3.63) is 59.1 Å². The van der Waals surface area contributed by atoms with E-state index >= 15 is 0 Å². The van der Waals surface area contributed by atoms with Crippen molar-refractivity contribution < 1.29 is 13.2 Å². The summed E-state index contributed by atoms with van der Waals surface area (Å²) in [5.41, 5.74) is 0.316. The van der Waals surface area contributed by atoms with Crippen molar-refractivity contribution in [1.82, 2.24) is 5.32 Å². The van der Waals surface area contributed by atoms with Gasteiger partial charge in [0.2, 0.25) is 0 Å². The lowest BCUT2D eigenvalue weighted by Gasteiger charge is -2.04. The van der Waals surface area contributed by atoms with Crippen molar-refractivity contribution >= 4 is 11.8 Å². The molecule has 0 aliphatic heterocycles. The third-order valence-corrected chi connectivity index (χ3v) is 3.20. The lowest BCUT2D eigenvalue weighted by Crippen LogP contribution is -2.13. The number of nitrogens with one attached hydrogen (secondary N) is 1. The van der Waals surface area contributed by atoms with Crippen LogP contribution in [0.3, 0.4) is 0 Å². The van der Waals surface area contributed by atoms with E-state index in [1.165, 1.54) is 6.07 Å². The molecule has 0 radical (unpaired) electrons. The van der Waals surface area contributed by atoms with E-state index in [1.807, 2.05) is 18.4 Å². The molecule has 1 aromatic heterocycles. The molecule has 1 aromatic carbocycles. The van der Waals surface area contributed by atoms with Crippen molar-refractivity contribution in [2.45, 2.75) is 18.8 Å². The van der Waals surface area contributed by atoms with E-state index in [-0.39, 0.29) is 6.54 Å². The molecular formula is C14H15F2NOS. The van der Waals surface area contributed by atoms with Gasteiger partial charge in [-0.25, -0.2) is 8.78 Å². The molecule has 102 valence electrons. The number of hydrogen-bond acceptors (Lipinski definition) is 3. The zero-order valence-electron chi connectivity index (χ0n) is 10.6. The molecule has 0 amide bonds. The lowest BCUT2D eigenvalue weighted by molar-refractivity contribution is 0.456. The molecule has 2 nitrogen and oxygen atoms in total. The Morgan fingerprint density at radius 1 is 1.11 bits per heavy atom. The van der Waals surface area contributed by atoms with E-state index in [9.17, 15) is 8.78 Å². The highest BCUT2D eigenvalue weighted by atomic mass is 32.2. The minimum atomic E-state index is -0.432. The topological polar surface area (TPSA) is 25.2 Å². The molecule has 0 saturated carbocycles. The van der Waals surface area contributed by atoms with E-state index in [0.29, 0.717) is 12.1 Å². The number of halogens is 2. The Morgan fingerprint density at radius 2 is 1.89 bits per heavy atom. The maximum absolute atomic E-state index is 13.4. The summed E-state index contributed by atoms with van der Waals surface area (Å²) in [6.07, 6.45) is 2.01. The van der Waals surface area contributed by atoms with Gasteiger partial charge in [-0.15, -0.1) is 0 Å². The molecule has 1 N–H and O–H groups in total. The molecule has 2 aromatic rings. The molecule has 2 rings (SSSR count). The van der Waals surface area contributed by atoms with Crippen LogP contribution in [-0.4, -0.2) is 6.26 Å². The lowest BCUT2D eigenvalue weighted by atomic mass is 10.2. The van der Waals surface area contributed by atoms with Gasteiger partial charge in [0.25, 0.3) is 0 Å². The van der Waals surface area contributed by atoms with Crippen LogP contribution >= 0.6 is 11.8 Å². The Hall–Kier alpha value is -1.33. The van der Waals surface area contributed by atoms with Crippen LogP contribution in [0, 0.1) is 11.6 Å². The zero-order valence-corrected chi connectivity index (χ0v) is 11.4. The molecule has 0 saturated heterocycles. The smallest absolute Gasteiger partial charge is 0.127 e. The van der Waals surface area contributed by atoms with Crippen LogP contribution in [0.15, 0.2) is 34.7 Å². The minimum absolute atomic E-state index is 0.266. The first-order valence-electron chi connectivity index (χ1n) is 5.90. The highest BCUT2D eigenvalue weighted by Gasteiger charge is 2.05. The second kappa shape index (κ2) is 6.73. The predicted octanol–water partition coefficient (Wildman–Crippen LogP) is 3.71. The minimum Gasteiger partial charge on any atom is -0.464 e. The summed E-state index contributed by atoms with van der Waals surface area (Å²) in [6.45, 7) is 0.756. The first-order valence-corrected chi connectivity index (χ1v) is 7.29. The highest BCUT2D eigenvalue weighted by molar-refractivity contribution is 7.97. The predicted molar refractivity (Wildman–Crippen MR) is 72.8 cm³/mol. The van der Waals surface area contributed by atoms with Crippen molar-refractivity contribution in [3.63, 3.8) is 0 Å². The molecule has 0 unspecified atom stereocenters. The van der Waals surface area contributed by atoms with Crippen molar-refractivity contribution in [2.24, 2.45) is 0 Å². The van der Waals surface area contributed by atoms with Gasteiger partial charge in [0.05, 0.1) is 12.3 Å². The summed E-state index contributed by atoms with van der Waals surface area (Å²) < 4.78 is 31.9. The van der Waals surface area contributed by atoms with Gasteiger partial charge in [-0.1, -0.05) is 0 Å². The quantitative estimate of drug-likeness (QED) is 0.875. The molecule has 5 heteroatoms. The summed E-state index contributed by atoms with van der Waals surface area (Å²) in [5, 5.41) is 3.03. The number of furan rings is 1. The summed E-state index contributed by atoms with van der Waals surface area (Å²) in [7, 11) is 0. The van der Waals surface area contributed by atoms with E-state index in [2.05, 4.69) is 5.32 Å². The molecule has 19 heavy (non-hydrogen) atoms. The first kappa shape index (κ1) is 14.1. The van der Waals surface area contributed by atoms with Gasteiger partial charge in [0.15, 0.2) is 0 Å². The fourth-order valence-corrected chi connectivity index (χ4v) is 2.18. The number of hydrogen-bond donors (Lipinski definition) is 1. The van der Waals surface area contributed by atoms with E-state index in [1.54, 1.807) is 11.8 Å². The second-order valence-corrected chi connectivity index (χ2v) is 5.01. The number of thioether (sulfide) groups is 1. The third-order valence-electron chi connectivity index (χ3n) is 2.63. The van der Waals surface area contributed by atoms with E-state index in [0.717, 1.165) is 29.4 Å². The fourth-order valence-electron chi connectivity index (χ4n) is 1.74. The maximum atomic E-state index is 13.4. The monoisotopic (exact) mass is 283 g/mol. The van der Waals surface area contributed by atoms with Crippen molar-refractivity contribution in [3.8, 4) is 0 Å². The van der Waals surface area contributed by atoms with E-state index < -0.39 is 11.6 Å². The van der Waals surface area contributed by atoms with Crippen LogP contribution in [0.1, 0.15) is 17.1 Å². The van der Waals surface area contributed by atoms with Crippen molar-refractivity contribution in [1.29, 1.82) is 0 Å². The van der Waals surface area contributed by atoms with Gasteiger partial charge in [-0.2, -0.15) is 11.8 Å². The first-order chi connectivity index (χ1) is 9.19. The van der Waals surface area contributed by atoms with Crippen LogP contribution in [0.25, 0.3) is 0 Å². The van der Waals surface area contributed by atoms with E-state index in [4.69, 9.17) is 4.42 Å². The standard InChI is InChI=1S/C14H15F2NOS/c1-19-9-13-4-3-12(18-13)8-17-7-10-6-11(15)2-5-14(10)16/h2-6,17H,7-9H2,1H3. The van der Waals surface area contributed by atoms with Crippen LogP contribution in [0.4, 0.5) is 8.78 Å². The highest BCUT2D eigenvalue weighted by Crippen LogP contribution is 2.14. The van der Waals surface area contributed by atoms with Gasteiger partial charge >= 0.3 is 0 Å². The Kier molecular flexibility index (Phi) is 4.99. The van der Waals surface area contributed by atoms with Crippen molar-refractivity contribution in [2.75, 3.05) is 6.26 Å². The summed E-state index contributed by atoms with van der Waals surface area (Å²) >= 11 is 1.69. The average molecular weight is 283 g/mol. The molecule has 1 heterocycles. The SMILES string of the molecule is CSCc1ccc(CNCc2cc(F)ccc2F)o1. The van der Waals surface area contributed by atoms with Gasteiger partial charge < -0.3 is 9.73 Å². The normalized spacial score (nSPS) is 10.9. The van der Waals surface area contributed by atoms with Crippen LogP contribution in [-0.2, 0) is 18.8 Å². The van der Waals surface area contributed by atoms with Crippen LogP contribution in [0.5, 0.6) is 0 Å².